The van der Waals surface area contributed by atoms with Crippen molar-refractivity contribution in [2.45, 2.75) is 0 Å². The van der Waals surface area contributed by atoms with Crippen LogP contribution in [-0.2, 0) is 0 Å². The van der Waals surface area contributed by atoms with E-state index in [4.69, 9.17) is 20.4 Å². The normalized spacial score (nSPS) is 8.92. The van der Waals surface area contributed by atoms with Crippen molar-refractivity contribution in [2.24, 2.45) is 0 Å². The van der Waals surface area contributed by atoms with E-state index in [1.165, 1.54) is 0 Å². The first-order valence-electron chi connectivity index (χ1n) is 3.00. The van der Waals surface area contributed by atoms with E-state index >= 15 is 0 Å². The second-order valence-corrected chi connectivity index (χ2v) is 2.17. The molecule has 0 aromatic heterocycles. The summed E-state index contributed by atoms with van der Waals surface area (Å²) in [7, 11) is 0. The van der Waals surface area contributed by atoms with Crippen LogP contribution in [0.4, 0.5) is 0 Å². The van der Waals surface area contributed by atoms with Crippen LogP contribution in [0.5, 0.6) is 17.2 Å². The van der Waals surface area contributed by atoms with Gasteiger partial charge in [0.25, 0.3) is 0 Å². The Morgan fingerprint density at radius 2 is 1.46 bits per heavy atom. The predicted octanol–water partition coefficient (Wildman–Crippen LogP) is -0.147. The number of hydrogen-bond donors (Lipinski definition) is 4. The number of carboxylic acid groups (broad SMARTS) is 1. The van der Waals surface area contributed by atoms with Crippen molar-refractivity contribution >= 4 is 24.8 Å². The Kier molecular flexibility index (Phi) is 3.66. The first kappa shape index (κ1) is 11.7. The van der Waals surface area contributed by atoms with Gasteiger partial charge in [-0.2, -0.15) is 0 Å². The van der Waals surface area contributed by atoms with E-state index in [0.29, 0.717) is 0 Å². The molecule has 66 valence electrons. The molecule has 0 heterocycles. The number of carbonyl (C=O) groups is 1. The fourth-order valence-electron chi connectivity index (χ4n) is 0.728. The second kappa shape index (κ2) is 4.08. The predicted molar refractivity (Wildman–Crippen MR) is 45.5 cm³/mol. The van der Waals surface area contributed by atoms with Crippen molar-refractivity contribution in [2.75, 3.05) is 0 Å². The maximum atomic E-state index is 10.3. The van der Waals surface area contributed by atoms with Gasteiger partial charge in [0.15, 0.2) is 17.2 Å². The molecule has 0 fully saturated rings. The maximum absolute atomic E-state index is 10.3. The summed E-state index contributed by atoms with van der Waals surface area (Å²) in [6.45, 7) is 0. The topological polar surface area (TPSA) is 98.0 Å². The summed E-state index contributed by atoms with van der Waals surface area (Å²) in [5.41, 5.74) is -0.289. The Bertz CT molecular complexity index is 313. The molecule has 0 atom stereocenters. The molecule has 0 bridgehead atoms. The molecular weight excluding hydrogens is 171 g/mol. The van der Waals surface area contributed by atoms with Crippen molar-refractivity contribution in [3.63, 3.8) is 0 Å². The van der Waals surface area contributed by atoms with E-state index in [9.17, 15) is 4.79 Å². The summed E-state index contributed by atoms with van der Waals surface area (Å²) in [6.07, 6.45) is 0. The number of aromatic hydroxyl groups is 3. The number of carboxylic acids is 1. The third kappa shape index (κ3) is 2.31. The molecular formula is C7H7LiO5. The molecule has 6 heteroatoms. The third-order valence-corrected chi connectivity index (χ3v) is 1.32. The van der Waals surface area contributed by atoms with Crippen molar-refractivity contribution in [3.05, 3.63) is 17.7 Å². The summed E-state index contributed by atoms with van der Waals surface area (Å²) in [6, 6.07) is 1.69. The Hall–Kier alpha value is -1.31. The molecule has 13 heavy (non-hydrogen) atoms. The monoisotopic (exact) mass is 178 g/mol. The first-order valence-corrected chi connectivity index (χ1v) is 3.00. The summed E-state index contributed by atoms with van der Waals surface area (Å²) in [4.78, 5) is 10.3. The van der Waals surface area contributed by atoms with Crippen LogP contribution in [0.1, 0.15) is 10.4 Å². The standard InChI is InChI=1S/C7H6O5.Li.H/c8-4-1-3(7(11)12)2-5(9)6(4)10;;/h1-2,8-10H,(H,11,12);;. The van der Waals surface area contributed by atoms with Gasteiger partial charge in [0.1, 0.15) is 0 Å². The van der Waals surface area contributed by atoms with E-state index < -0.39 is 23.2 Å². The number of benzene rings is 1. The minimum atomic E-state index is -1.29. The SMILES string of the molecule is O=C(O)c1cc(O)c(O)c(O)c1.[LiH]. The van der Waals surface area contributed by atoms with Gasteiger partial charge in [-0.25, -0.2) is 4.79 Å². The molecule has 0 saturated heterocycles. The van der Waals surface area contributed by atoms with Gasteiger partial charge in [-0.15, -0.1) is 0 Å². The fourth-order valence-corrected chi connectivity index (χ4v) is 0.728. The van der Waals surface area contributed by atoms with E-state index in [0.717, 1.165) is 12.1 Å². The molecule has 0 radical (unpaired) electrons. The number of hydrogen-bond acceptors (Lipinski definition) is 4. The van der Waals surface area contributed by atoms with E-state index in [-0.39, 0.29) is 24.4 Å². The van der Waals surface area contributed by atoms with Crippen molar-refractivity contribution in [1.29, 1.82) is 0 Å². The van der Waals surface area contributed by atoms with Gasteiger partial charge < -0.3 is 20.4 Å². The summed E-state index contributed by atoms with van der Waals surface area (Å²) >= 11 is 0. The number of phenols is 3. The molecule has 1 aromatic rings. The number of rotatable bonds is 1. The molecule has 0 aliphatic heterocycles. The molecule has 0 spiro atoms. The number of phenolic OH excluding ortho intramolecular Hbond substituents is 3. The van der Waals surface area contributed by atoms with Crippen molar-refractivity contribution in [1.82, 2.24) is 0 Å². The average molecular weight is 178 g/mol. The average Bonchev–Trinajstić information content (AvgIpc) is 1.99. The van der Waals surface area contributed by atoms with Gasteiger partial charge >= 0.3 is 24.8 Å². The van der Waals surface area contributed by atoms with E-state index in [1.807, 2.05) is 0 Å². The number of aromatic carboxylic acids is 1. The fraction of sp³-hybridized carbons (Fsp3) is 0. The molecule has 0 aliphatic carbocycles. The Labute approximate surface area is 85.4 Å². The first-order chi connectivity index (χ1) is 5.52. The minimum absolute atomic E-state index is 0. The van der Waals surface area contributed by atoms with Crippen LogP contribution >= 0.6 is 0 Å². The summed E-state index contributed by atoms with van der Waals surface area (Å²) in [5.74, 6) is -3.33. The van der Waals surface area contributed by atoms with Crippen LogP contribution in [0.3, 0.4) is 0 Å². The van der Waals surface area contributed by atoms with Gasteiger partial charge in [0, 0.05) is 0 Å². The van der Waals surface area contributed by atoms with Gasteiger partial charge in [-0.05, 0) is 12.1 Å². The molecule has 4 N–H and O–H groups in total. The summed E-state index contributed by atoms with van der Waals surface area (Å²) < 4.78 is 0. The molecule has 5 nitrogen and oxygen atoms in total. The van der Waals surface area contributed by atoms with Crippen LogP contribution in [0.25, 0.3) is 0 Å². The second-order valence-electron chi connectivity index (χ2n) is 2.17. The quantitative estimate of drug-likeness (QED) is 0.354. The van der Waals surface area contributed by atoms with Gasteiger partial charge in [0.2, 0.25) is 0 Å². The van der Waals surface area contributed by atoms with E-state index in [2.05, 4.69) is 0 Å². The Morgan fingerprint density at radius 1 is 1.08 bits per heavy atom. The zero-order chi connectivity index (χ0) is 9.30. The van der Waals surface area contributed by atoms with E-state index in [1.54, 1.807) is 0 Å². The molecule has 0 saturated carbocycles. The van der Waals surface area contributed by atoms with Crippen molar-refractivity contribution in [3.8, 4) is 17.2 Å². The Balaban J connectivity index is 0.00000144. The van der Waals surface area contributed by atoms with Crippen molar-refractivity contribution < 1.29 is 25.2 Å². The molecule has 1 rings (SSSR count). The summed E-state index contributed by atoms with van der Waals surface area (Å²) in [5, 5.41) is 35.0. The zero-order valence-corrected chi connectivity index (χ0v) is 5.85. The van der Waals surface area contributed by atoms with Gasteiger partial charge in [-0.3, -0.25) is 0 Å². The molecule has 0 amide bonds. The molecule has 1 aromatic carbocycles. The van der Waals surface area contributed by atoms with Gasteiger partial charge in [-0.1, -0.05) is 0 Å². The van der Waals surface area contributed by atoms with Crippen LogP contribution in [-0.4, -0.2) is 45.3 Å². The zero-order valence-electron chi connectivity index (χ0n) is 5.85. The van der Waals surface area contributed by atoms with Crippen LogP contribution in [0, 0.1) is 0 Å². The molecule has 0 unspecified atom stereocenters. The third-order valence-electron chi connectivity index (χ3n) is 1.32. The van der Waals surface area contributed by atoms with Crippen LogP contribution in [0.2, 0.25) is 0 Å². The molecule has 0 aliphatic rings. The Morgan fingerprint density at radius 3 is 1.77 bits per heavy atom. The van der Waals surface area contributed by atoms with Gasteiger partial charge in [0.05, 0.1) is 5.56 Å². The van der Waals surface area contributed by atoms with Crippen LogP contribution < -0.4 is 0 Å². The van der Waals surface area contributed by atoms with Crippen LogP contribution in [0.15, 0.2) is 12.1 Å².